The molecule has 1 aliphatic rings. The Morgan fingerprint density at radius 1 is 1.17 bits per heavy atom. The van der Waals surface area contributed by atoms with E-state index in [9.17, 15) is 9.90 Å². The fraction of sp³-hybridized carbons (Fsp3) is 0.423. The summed E-state index contributed by atoms with van der Waals surface area (Å²) in [5.41, 5.74) is 4.53. The van der Waals surface area contributed by atoms with Crippen molar-refractivity contribution in [3.05, 3.63) is 48.2 Å². The first-order valence-electron chi connectivity index (χ1n) is 11.8. The molecule has 9 nitrogen and oxygen atoms in total. The second kappa shape index (κ2) is 11.0. The Bertz CT molecular complexity index is 1170. The van der Waals surface area contributed by atoms with Crippen LogP contribution in [0.4, 0.5) is 16.3 Å². The second-order valence-electron chi connectivity index (χ2n) is 9.02. The van der Waals surface area contributed by atoms with Gasteiger partial charge in [0.25, 0.3) is 0 Å². The number of piperidine rings is 1. The van der Waals surface area contributed by atoms with E-state index in [4.69, 9.17) is 14.5 Å². The fourth-order valence-corrected chi connectivity index (χ4v) is 4.13. The SMILES string of the molecule is CNc1ccc(-c2cccc(COCCOC)c2)c2ncc(NC(=O)N3CCC(C)(O)CC3)nc12. The largest absolute Gasteiger partial charge is 0.390 e. The molecule has 1 fully saturated rings. The molecule has 0 saturated carbocycles. The van der Waals surface area contributed by atoms with Crippen LogP contribution in [-0.2, 0) is 16.1 Å². The number of nitrogens with zero attached hydrogens (tertiary/aromatic N) is 3. The topological polar surface area (TPSA) is 109 Å². The third kappa shape index (κ3) is 6.05. The molecule has 2 amide bonds. The van der Waals surface area contributed by atoms with Crippen molar-refractivity contribution in [3.8, 4) is 11.1 Å². The van der Waals surface area contributed by atoms with E-state index in [0.29, 0.717) is 57.1 Å². The van der Waals surface area contributed by atoms with Gasteiger partial charge in [-0.3, -0.25) is 10.3 Å². The van der Waals surface area contributed by atoms with Crippen LogP contribution in [0, 0.1) is 0 Å². The Morgan fingerprint density at radius 3 is 2.71 bits per heavy atom. The number of rotatable bonds is 8. The van der Waals surface area contributed by atoms with Gasteiger partial charge in [0.1, 0.15) is 5.52 Å². The molecule has 3 aromatic rings. The Labute approximate surface area is 205 Å². The zero-order valence-electron chi connectivity index (χ0n) is 20.5. The number of carbonyl (C=O) groups is 1. The Balaban J connectivity index is 1.57. The number of carbonyl (C=O) groups excluding carboxylic acids is 1. The minimum Gasteiger partial charge on any atom is -0.390 e. The highest BCUT2D eigenvalue weighted by Gasteiger charge is 2.29. The quantitative estimate of drug-likeness (QED) is 0.421. The number of hydrogen-bond donors (Lipinski definition) is 3. The smallest absolute Gasteiger partial charge is 0.323 e. The van der Waals surface area contributed by atoms with E-state index in [1.807, 2.05) is 37.4 Å². The lowest BCUT2D eigenvalue weighted by atomic mass is 9.94. The minimum absolute atomic E-state index is 0.238. The minimum atomic E-state index is -0.717. The standard InChI is InChI=1S/C26H33N5O4/c1-26(33)9-11-31(12-10-26)25(32)30-22-16-28-23-20(7-8-21(27-2)24(23)29-22)19-6-4-5-18(15-19)17-35-14-13-34-3/h4-8,15-16,27,33H,9-14,17H2,1-3H3,(H,29,30,32). The van der Waals surface area contributed by atoms with Crippen LogP contribution in [0.1, 0.15) is 25.3 Å². The number of nitrogens with one attached hydrogen (secondary N) is 2. The molecule has 1 aliphatic heterocycles. The van der Waals surface area contributed by atoms with Gasteiger partial charge < -0.3 is 24.8 Å². The third-order valence-corrected chi connectivity index (χ3v) is 6.27. The molecule has 0 aliphatic carbocycles. The molecule has 0 unspecified atom stereocenters. The molecule has 0 spiro atoms. The lowest BCUT2D eigenvalue weighted by Gasteiger charge is -2.35. The number of benzene rings is 2. The van der Waals surface area contributed by atoms with Crippen molar-refractivity contribution in [2.24, 2.45) is 0 Å². The van der Waals surface area contributed by atoms with Crippen LogP contribution in [0.25, 0.3) is 22.2 Å². The molecular formula is C26H33N5O4. The summed E-state index contributed by atoms with van der Waals surface area (Å²) in [5, 5.41) is 16.2. The monoisotopic (exact) mass is 479 g/mol. The normalized spacial score (nSPS) is 15.3. The Kier molecular flexibility index (Phi) is 7.80. The van der Waals surface area contributed by atoms with Gasteiger partial charge in [-0.25, -0.2) is 9.78 Å². The molecule has 186 valence electrons. The molecule has 35 heavy (non-hydrogen) atoms. The van der Waals surface area contributed by atoms with Crippen molar-refractivity contribution in [2.75, 3.05) is 51.1 Å². The lowest BCUT2D eigenvalue weighted by molar-refractivity contribution is 0.00569. The molecular weight excluding hydrogens is 446 g/mol. The van der Waals surface area contributed by atoms with Crippen molar-refractivity contribution in [1.82, 2.24) is 14.9 Å². The number of anilines is 2. The summed E-state index contributed by atoms with van der Waals surface area (Å²) in [6.45, 7) is 4.39. The first-order chi connectivity index (χ1) is 16.9. The van der Waals surface area contributed by atoms with Crippen molar-refractivity contribution < 1.29 is 19.4 Å². The number of amides is 2. The summed E-state index contributed by atoms with van der Waals surface area (Å²) in [4.78, 5) is 23.8. The van der Waals surface area contributed by atoms with Crippen LogP contribution in [0.3, 0.4) is 0 Å². The van der Waals surface area contributed by atoms with Gasteiger partial charge in [0.15, 0.2) is 5.82 Å². The van der Waals surface area contributed by atoms with Crippen LogP contribution < -0.4 is 10.6 Å². The van der Waals surface area contributed by atoms with Gasteiger partial charge in [0.2, 0.25) is 0 Å². The van der Waals surface area contributed by atoms with E-state index in [1.54, 1.807) is 25.1 Å². The van der Waals surface area contributed by atoms with Gasteiger partial charge in [-0.2, -0.15) is 0 Å². The number of aromatic nitrogens is 2. The summed E-state index contributed by atoms with van der Waals surface area (Å²) in [7, 11) is 3.49. The maximum Gasteiger partial charge on any atom is 0.323 e. The molecule has 0 radical (unpaired) electrons. The van der Waals surface area contributed by atoms with Crippen molar-refractivity contribution in [1.29, 1.82) is 0 Å². The highest BCUT2D eigenvalue weighted by Crippen LogP contribution is 2.32. The summed E-state index contributed by atoms with van der Waals surface area (Å²) < 4.78 is 10.7. The van der Waals surface area contributed by atoms with Crippen molar-refractivity contribution in [3.63, 3.8) is 0 Å². The highest BCUT2D eigenvalue weighted by molar-refractivity contribution is 6.00. The summed E-state index contributed by atoms with van der Waals surface area (Å²) >= 11 is 0. The Hall–Kier alpha value is -3.27. The number of ether oxygens (including phenoxy) is 2. The first kappa shape index (κ1) is 24.8. The van der Waals surface area contributed by atoms with E-state index in [1.165, 1.54) is 0 Å². The maximum atomic E-state index is 12.8. The average Bonchev–Trinajstić information content (AvgIpc) is 2.86. The molecule has 3 N–H and O–H groups in total. The van der Waals surface area contributed by atoms with Crippen molar-refractivity contribution >= 4 is 28.6 Å². The number of hydrogen-bond acceptors (Lipinski definition) is 7. The van der Waals surface area contributed by atoms with E-state index in [0.717, 1.165) is 27.9 Å². The maximum absolute atomic E-state index is 12.8. The van der Waals surface area contributed by atoms with Crippen molar-refractivity contribution in [2.45, 2.75) is 32.0 Å². The number of aliphatic hydroxyl groups is 1. The van der Waals surface area contributed by atoms with Crippen LogP contribution in [0.2, 0.25) is 0 Å². The lowest BCUT2D eigenvalue weighted by Crippen LogP contribution is -2.46. The van der Waals surface area contributed by atoms with Gasteiger partial charge in [0.05, 0.1) is 42.8 Å². The third-order valence-electron chi connectivity index (χ3n) is 6.27. The van der Waals surface area contributed by atoms with E-state index >= 15 is 0 Å². The molecule has 9 heteroatoms. The number of likely N-dealkylation sites (tertiary alicyclic amines) is 1. The summed E-state index contributed by atoms with van der Waals surface area (Å²) in [6.07, 6.45) is 2.68. The van der Waals surface area contributed by atoms with E-state index in [-0.39, 0.29) is 6.03 Å². The van der Waals surface area contributed by atoms with Gasteiger partial charge >= 0.3 is 6.03 Å². The highest BCUT2D eigenvalue weighted by atomic mass is 16.5. The zero-order chi connectivity index (χ0) is 24.8. The zero-order valence-corrected chi connectivity index (χ0v) is 20.5. The van der Waals surface area contributed by atoms with Gasteiger partial charge in [-0.05, 0) is 49.1 Å². The second-order valence-corrected chi connectivity index (χ2v) is 9.02. The van der Waals surface area contributed by atoms with Crippen LogP contribution in [0.5, 0.6) is 0 Å². The van der Waals surface area contributed by atoms with E-state index in [2.05, 4.69) is 21.7 Å². The van der Waals surface area contributed by atoms with Gasteiger partial charge in [-0.1, -0.05) is 18.2 Å². The summed E-state index contributed by atoms with van der Waals surface area (Å²) in [6, 6.07) is 11.9. The van der Waals surface area contributed by atoms with Crippen LogP contribution >= 0.6 is 0 Å². The summed E-state index contributed by atoms with van der Waals surface area (Å²) in [5.74, 6) is 0.383. The fourth-order valence-electron chi connectivity index (χ4n) is 4.13. The number of methoxy groups -OCH3 is 1. The van der Waals surface area contributed by atoms with Crippen LogP contribution in [0.15, 0.2) is 42.6 Å². The first-order valence-corrected chi connectivity index (χ1v) is 11.8. The average molecular weight is 480 g/mol. The van der Waals surface area contributed by atoms with Gasteiger partial charge in [-0.15, -0.1) is 0 Å². The van der Waals surface area contributed by atoms with Crippen LogP contribution in [-0.4, -0.2) is 72.1 Å². The molecule has 0 atom stereocenters. The van der Waals surface area contributed by atoms with Gasteiger partial charge in [0, 0.05) is 32.8 Å². The van der Waals surface area contributed by atoms with E-state index < -0.39 is 5.60 Å². The molecule has 2 heterocycles. The predicted octanol–water partition coefficient (Wildman–Crippen LogP) is 3.88. The Morgan fingerprint density at radius 2 is 1.97 bits per heavy atom. The number of fused-ring (bicyclic) bond motifs is 1. The molecule has 1 saturated heterocycles. The molecule has 2 aromatic carbocycles. The predicted molar refractivity (Wildman–Crippen MR) is 137 cm³/mol. The molecule has 0 bridgehead atoms. The number of urea groups is 1. The molecule has 1 aromatic heterocycles. The molecule has 4 rings (SSSR count).